The first-order valence-corrected chi connectivity index (χ1v) is 7.53. The number of pyridine rings is 1. The molecule has 0 fully saturated rings. The molecule has 0 atom stereocenters. The van der Waals surface area contributed by atoms with Gasteiger partial charge >= 0.3 is 0 Å². The molecule has 0 unspecified atom stereocenters. The summed E-state index contributed by atoms with van der Waals surface area (Å²) in [6, 6.07) is 12.0. The number of carbonyl (C=O) groups is 3. The number of hydrogen-bond acceptors (Lipinski definition) is 4. The quantitative estimate of drug-likeness (QED) is 0.823. The van der Waals surface area contributed by atoms with Crippen molar-refractivity contribution in [1.29, 1.82) is 0 Å². The molecule has 0 aliphatic carbocycles. The fraction of sp³-hybridized carbons (Fsp3) is 0.222. The van der Waals surface area contributed by atoms with Gasteiger partial charge in [0.05, 0.1) is 12.2 Å². The molecule has 0 saturated heterocycles. The first kappa shape index (κ1) is 17.3. The van der Waals surface area contributed by atoms with Crippen molar-refractivity contribution in [3.05, 3.63) is 59.9 Å². The molecule has 6 heteroatoms. The summed E-state index contributed by atoms with van der Waals surface area (Å²) < 4.78 is 0. The number of anilines is 1. The minimum Gasteiger partial charge on any atom is -0.349 e. The summed E-state index contributed by atoms with van der Waals surface area (Å²) in [6.07, 6.45) is 1.65. The second kappa shape index (κ2) is 8.01. The van der Waals surface area contributed by atoms with Crippen LogP contribution in [-0.4, -0.2) is 29.1 Å². The van der Waals surface area contributed by atoms with Crippen LogP contribution < -0.4 is 10.2 Å². The third-order valence-electron chi connectivity index (χ3n) is 3.46. The maximum Gasteiger partial charge on any atom is 0.240 e. The summed E-state index contributed by atoms with van der Waals surface area (Å²) in [7, 11) is 0. The fourth-order valence-electron chi connectivity index (χ4n) is 2.15. The number of ketones is 1. The molecule has 0 aliphatic heterocycles. The van der Waals surface area contributed by atoms with Crippen LogP contribution in [0.25, 0.3) is 0 Å². The van der Waals surface area contributed by atoms with Gasteiger partial charge < -0.3 is 10.2 Å². The summed E-state index contributed by atoms with van der Waals surface area (Å²) >= 11 is 0. The van der Waals surface area contributed by atoms with Crippen LogP contribution >= 0.6 is 0 Å². The van der Waals surface area contributed by atoms with Crippen LogP contribution in [0.3, 0.4) is 0 Å². The van der Waals surface area contributed by atoms with E-state index >= 15 is 0 Å². The molecule has 0 aliphatic rings. The van der Waals surface area contributed by atoms with Crippen LogP contribution in [0.2, 0.25) is 0 Å². The van der Waals surface area contributed by atoms with E-state index < -0.39 is 0 Å². The molecule has 124 valence electrons. The first-order chi connectivity index (χ1) is 11.5. The largest absolute Gasteiger partial charge is 0.349 e. The molecule has 1 aromatic carbocycles. The van der Waals surface area contributed by atoms with Crippen LogP contribution in [-0.2, 0) is 16.1 Å². The monoisotopic (exact) mass is 325 g/mol. The standard InChI is InChI=1S/C18H19N3O3/c1-13(22)15-6-8-17(9-7-15)21(14(2)23)12-18(24)20-11-16-5-3-4-10-19-16/h3-10H,11-12H2,1-2H3,(H,20,24). The Morgan fingerprint density at radius 2 is 1.75 bits per heavy atom. The zero-order valence-corrected chi connectivity index (χ0v) is 13.7. The third-order valence-corrected chi connectivity index (χ3v) is 3.46. The van der Waals surface area contributed by atoms with Crippen LogP contribution in [0.5, 0.6) is 0 Å². The Morgan fingerprint density at radius 3 is 2.29 bits per heavy atom. The summed E-state index contributed by atoms with van der Waals surface area (Å²) in [5.41, 5.74) is 1.87. The van der Waals surface area contributed by atoms with E-state index in [1.807, 2.05) is 12.1 Å². The molecule has 2 amide bonds. The Bertz CT molecular complexity index is 727. The molecule has 6 nitrogen and oxygen atoms in total. The smallest absolute Gasteiger partial charge is 0.240 e. The number of Topliss-reactive ketones (excluding diaryl/α,β-unsaturated/α-hetero) is 1. The average Bonchev–Trinajstić information content (AvgIpc) is 2.58. The summed E-state index contributed by atoms with van der Waals surface area (Å²) in [5.74, 6) is -0.589. The molecular formula is C18H19N3O3. The second-order valence-electron chi connectivity index (χ2n) is 5.31. The van der Waals surface area contributed by atoms with Gasteiger partial charge in [-0.05, 0) is 43.3 Å². The molecule has 0 saturated carbocycles. The van der Waals surface area contributed by atoms with Crippen molar-refractivity contribution < 1.29 is 14.4 Å². The number of carbonyl (C=O) groups excluding carboxylic acids is 3. The number of nitrogens with one attached hydrogen (secondary N) is 1. The molecule has 1 aromatic heterocycles. The Hall–Kier alpha value is -3.02. The Morgan fingerprint density at radius 1 is 1.04 bits per heavy atom. The second-order valence-corrected chi connectivity index (χ2v) is 5.31. The lowest BCUT2D eigenvalue weighted by Crippen LogP contribution is -2.39. The number of hydrogen-bond donors (Lipinski definition) is 1. The van der Waals surface area contributed by atoms with E-state index in [0.717, 1.165) is 5.69 Å². The predicted molar refractivity (Wildman–Crippen MR) is 90.6 cm³/mol. The normalized spacial score (nSPS) is 10.1. The molecule has 2 aromatic rings. The molecule has 0 spiro atoms. The van der Waals surface area contributed by atoms with Crippen molar-refractivity contribution in [2.45, 2.75) is 20.4 Å². The Balaban J connectivity index is 2.01. The molecule has 0 radical (unpaired) electrons. The number of amides is 2. The zero-order chi connectivity index (χ0) is 17.5. The highest BCUT2D eigenvalue weighted by molar-refractivity contribution is 5.98. The maximum absolute atomic E-state index is 12.1. The highest BCUT2D eigenvalue weighted by Gasteiger charge is 2.16. The van der Waals surface area contributed by atoms with E-state index in [4.69, 9.17) is 0 Å². The highest BCUT2D eigenvalue weighted by atomic mass is 16.2. The summed E-state index contributed by atoms with van der Waals surface area (Å²) in [5, 5.41) is 2.73. The van der Waals surface area contributed by atoms with Crippen LogP contribution in [0.15, 0.2) is 48.7 Å². The van der Waals surface area contributed by atoms with Crippen molar-refractivity contribution in [2.24, 2.45) is 0 Å². The van der Waals surface area contributed by atoms with Crippen molar-refractivity contribution in [3.63, 3.8) is 0 Å². The van der Waals surface area contributed by atoms with Crippen molar-refractivity contribution >= 4 is 23.3 Å². The van der Waals surface area contributed by atoms with Crippen molar-refractivity contribution in [1.82, 2.24) is 10.3 Å². The minimum atomic E-state index is -0.286. The van der Waals surface area contributed by atoms with Crippen LogP contribution in [0, 0.1) is 0 Å². The van der Waals surface area contributed by atoms with E-state index in [0.29, 0.717) is 17.8 Å². The van der Waals surface area contributed by atoms with Gasteiger partial charge in [0, 0.05) is 24.4 Å². The molecule has 1 N–H and O–H groups in total. The first-order valence-electron chi connectivity index (χ1n) is 7.53. The molecular weight excluding hydrogens is 306 g/mol. The van der Waals surface area contributed by atoms with Gasteiger partial charge in [0.25, 0.3) is 0 Å². The van der Waals surface area contributed by atoms with Gasteiger partial charge in [0.15, 0.2) is 5.78 Å². The lowest BCUT2D eigenvalue weighted by Gasteiger charge is -2.20. The zero-order valence-electron chi connectivity index (χ0n) is 13.7. The summed E-state index contributed by atoms with van der Waals surface area (Å²) in [6.45, 7) is 3.07. The van der Waals surface area contributed by atoms with Gasteiger partial charge in [-0.1, -0.05) is 6.07 Å². The number of rotatable bonds is 6. The van der Waals surface area contributed by atoms with E-state index in [1.165, 1.54) is 18.7 Å². The molecule has 1 heterocycles. The number of nitrogens with zero attached hydrogens (tertiary/aromatic N) is 2. The van der Waals surface area contributed by atoms with Gasteiger partial charge in [-0.15, -0.1) is 0 Å². The van der Waals surface area contributed by atoms with E-state index in [1.54, 1.807) is 36.5 Å². The maximum atomic E-state index is 12.1. The fourth-order valence-corrected chi connectivity index (χ4v) is 2.15. The van der Waals surface area contributed by atoms with Crippen molar-refractivity contribution in [3.8, 4) is 0 Å². The highest BCUT2D eigenvalue weighted by Crippen LogP contribution is 2.16. The van der Waals surface area contributed by atoms with Gasteiger partial charge in [0.2, 0.25) is 11.8 Å². The number of benzene rings is 1. The topological polar surface area (TPSA) is 79.4 Å². The van der Waals surface area contributed by atoms with Gasteiger partial charge in [-0.3, -0.25) is 19.4 Å². The lowest BCUT2D eigenvalue weighted by atomic mass is 10.1. The number of aromatic nitrogens is 1. The van der Waals surface area contributed by atoms with Crippen LogP contribution in [0.4, 0.5) is 5.69 Å². The third kappa shape index (κ3) is 4.74. The summed E-state index contributed by atoms with van der Waals surface area (Å²) in [4.78, 5) is 40.7. The average molecular weight is 325 g/mol. The van der Waals surface area contributed by atoms with Gasteiger partial charge in [-0.25, -0.2) is 0 Å². The molecule has 24 heavy (non-hydrogen) atoms. The predicted octanol–water partition coefficient (Wildman–Crippen LogP) is 1.95. The van der Waals surface area contributed by atoms with Crippen molar-refractivity contribution in [2.75, 3.05) is 11.4 Å². The van der Waals surface area contributed by atoms with Gasteiger partial charge in [-0.2, -0.15) is 0 Å². The Labute approximate surface area is 140 Å². The van der Waals surface area contributed by atoms with Gasteiger partial charge in [0.1, 0.15) is 6.54 Å². The molecule has 2 rings (SSSR count). The van der Waals surface area contributed by atoms with Crippen LogP contribution in [0.1, 0.15) is 29.9 Å². The SMILES string of the molecule is CC(=O)c1ccc(N(CC(=O)NCc2ccccn2)C(C)=O)cc1. The van der Waals surface area contributed by atoms with E-state index in [2.05, 4.69) is 10.3 Å². The Kier molecular flexibility index (Phi) is 5.78. The lowest BCUT2D eigenvalue weighted by molar-refractivity contribution is -0.123. The minimum absolute atomic E-state index is 0.0518. The van der Waals surface area contributed by atoms with E-state index in [9.17, 15) is 14.4 Å². The van der Waals surface area contributed by atoms with E-state index in [-0.39, 0.29) is 24.1 Å². The molecule has 0 bridgehead atoms.